The third-order valence-electron chi connectivity index (χ3n) is 7.39. The minimum Gasteiger partial charge on any atom is -0.459 e. The first-order valence-corrected chi connectivity index (χ1v) is 19.6. The topological polar surface area (TPSA) is 121 Å². The number of rotatable bonds is 16. The molecule has 0 aliphatic carbocycles. The van der Waals surface area contributed by atoms with Crippen LogP contribution in [0.1, 0.15) is 34.1 Å². The van der Waals surface area contributed by atoms with Crippen molar-refractivity contribution >= 4 is 26.0 Å². The maximum Gasteiger partial charge on any atom is 0.408 e. The van der Waals surface area contributed by atoms with Gasteiger partial charge in [-0.2, -0.15) is 0 Å². The van der Waals surface area contributed by atoms with Crippen LogP contribution in [0.5, 0.6) is 0 Å². The van der Waals surface area contributed by atoms with Crippen LogP contribution in [-0.2, 0) is 45.4 Å². The van der Waals surface area contributed by atoms with Gasteiger partial charge >= 0.3 is 12.1 Å². The van der Waals surface area contributed by atoms with Crippen molar-refractivity contribution in [3.63, 3.8) is 0 Å². The molecule has 0 saturated carbocycles. The van der Waals surface area contributed by atoms with Crippen molar-refractivity contribution in [1.82, 2.24) is 20.2 Å². The Labute approximate surface area is 281 Å². The van der Waals surface area contributed by atoms with Crippen LogP contribution in [-0.4, -0.2) is 54.8 Å². The lowest BCUT2D eigenvalue weighted by Gasteiger charge is -2.19. The average molecular weight is 675 g/mol. The smallest absolute Gasteiger partial charge is 0.408 e. The normalized spacial score (nSPS) is 11.9. The van der Waals surface area contributed by atoms with Crippen molar-refractivity contribution < 1.29 is 33.0 Å². The molecule has 4 aromatic rings. The van der Waals surface area contributed by atoms with E-state index in [1.54, 1.807) is 36.7 Å². The molecule has 10 nitrogen and oxygen atoms in total. The number of esters is 1. The maximum absolute atomic E-state index is 15.0. The zero-order valence-corrected chi connectivity index (χ0v) is 28.8. The Morgan fingerprint density at radius 2 is 1.56 bits per heavy atom. The number of hydrogen-bond acceptors (Lipinski definition) is 7. The van der Waals surface area contributed by atoms with Crippen LogP contribution < -0.4 is 10.6 Å². The van der Waals surface area contributed by atoms with Crippen LogP contribution in [0.15, 0.2) is 85.2 Å². The van der Waals surface area contributed by atoms with Gasteiger partial charge in [-0.15, -0.1) is 0 Å². The minimum atomic E-state index is -1.28. The van der Waals surface area contributed by atoms with E-state index in [1.165, 1.54) is 6.07 Å². The van der Waals surface area contributed by atoms with Crippen LogP contribution in [0.3, 0.4) is 0 Å². The van der Waals surface area contributed by atoms with Gasteiger partial charge in [0.2, 0.25) is 0 Å². The maximum atomic E-state index is 15.0. The molecule has 0 aliphatic heterocycles. The standard InChI is InChI=1S/C36H43FN4O6Si/c1-5-31-33(41(24-39-31)25-45-16-17-48(2,3)4)28-18-29(20-30(37)19-28)34(42)38-21-32(35(43)46-22-26-12-8-6-9-13-26)40-36(44)47-23-27-14-10-7-11-15-27/h6-15,18-20,24,32H,5,16-17,21-23,25H2,1-4H3,(H,38,42)(H,40,44)/t32-/m1/s1. The van der Waals surface area contributed by atoms with E-state index in [9.17, 15) is 18.8 Å². The summed E-state index contributed by atoms with van der Waals surface area (Å²) in [6.45, 7) is 9.24. The van der Waals surface area contributed by atoms with E-state index in [1.807, 2.05) is 47.9 Å². The van der Waals surface area contributed by atoms with Crippen LogP contribution in [0, 0.1) is 5.82 Å². The summed E-state index contributed by atoms with van der Waals surface area (Å²) >= 11 is 0. The van der Waals surface area contributed by atoms with E-state index >= 15 is 0 Å². The van der Waals surface area contributed by atoms with Gasteiger partial charge in [-0.05, 0) is 41.8 Å². The van der Waals surface area contributed by atoms with Crippen molar-refractivity contribution in [3.05, 3.63) is 113 Å². The monoisotopic (exact) mass is 674 g/mol. The summed E-state index contributed by atoms with van der Waals surface area (Å²) < 4.78 is 33.4. The summed E-state index contributed by atoms with van der Waals surface area (Å²) in [4.78, 5) is 43.6. The summed E-state index contributed by atoms with van der Waals surface area (Å²) in [6, 6.07) is 21.9. The minimum absolute atomic E-state index is 0.0173. The predicted octanol–water partition coefficient (Wildman–Crippen LogP) is 6.33. The van der Waals surface area contributed by atoms with Gasteiger partial charge in [0.15, 0.2) is 0 Å². The molecule has 0 fully saturated rings. The van der Waals surface area contributed by atoms with E-state index in [-0.39, 0.29) is 32.1 Å². The molecular formula is C36H43FN4O6Si. The van der Waals surface area contributed by atoms with Crippen molar-refractivity contribution in [1.29, 1.82) is 0 Å². The summed E-state index contributed by atoms with van der Waals surface area (Å²) in [7, 11) is -1.28. The number of ether oxygens (including phenoxy) is 3. The number of carbonyl (C=O) groups is 3. The highest BCUT2D eigenvalue weighted by Gasteiger charge is 2.25. The molecule has 0 bridgehead atoms. The molecule has 48 heavy (non-hydrogen) atoms. The number of nitrogens with one attached hydrogen (secondary N) is 2. The number of benzene rings is 3. The second-order valence-corrected chi connectivity index (χ2v) is 18.1. The number of nitrogens with zero attached hydrogens (tertiary/aromatic N) is 2. The number of amides is 2. The molecule has 0 aliphatic rings. The summed E-state index contributed by atoms with van der Waals surface area (Å²) in [5.41, 5.74) is 3.40. The second-order valence-electron chi connectivity index (χ2n) is 12.5. The number of carbonyl (C=O) groups excluding carboxylic acids is 3. The quantitative estimate of drug-likeness (QED) is 0.0810. The Kier molecular flexibility index (Phi) is 13.0. The van der Waals surface area contributed by atoms with Gasteiger partial charge in [-0.3, -0.25) is 4.79 Å². The molecule has 0 spiro atoms. The molecule has 0 unspecified atom stereocenters. The number of alkyl carbamates (subject to hydrolysis) is 1. The number of aromatic nitrogens is 2. The first-order valence-electron chi connectivity index (χ1n) is 15.9. The van der Waals surface area contributed by atoms with Crippen LogP contribution in [0.25, 0.3) is 11.3 Å². The van der Waals surface area contributed by atoms with Crippen LogP contribution in [0.2, 0.25) is 25.7 Å². The predicted molar refractivity (Wildman–Crippen MR) is 183 cm³/mol. The largest absolute Gasteiger partial charge is 0.459 e. The van der Waals surface area contributed by atoms with E-state index < -0.39 is 37.9 Å². The molecule has 1 heterocycles. The molecule has 2 N–H and O–H groups in total. The van der Waals surface area contributed by atoms with E-state index in [0.29, 0.717) is 24.3 Å². The second kappa shape index (κ2) is 17.4. The van der Waals surface area contributed by atoms with Crippen molar-refractivity contribution in [3.8, 4) is 11.3 Å². The SMILES string of the molecule is CCc1ncn(COCC[Si](C)(C)C)c1-c1cc(F)cc(C(=O)NC[C@@H](NC(=O)OCc2ccccc2)C(=O)OCc2ccccc2)c1. The Hall–Kier alpha value is -4.81. The van der Waals surface area contributed by atoms with Crippen LogP contribution >= 0.6 is 0 Å². The van der Waals surface area contributed by atoms with Gasteiger partial charge in [-0.25, -0.2) is 19.0 Å². The first kappa shape index (κ1) is 36.0. The fourth-order valence-corrected chi connectivity index (χ4v) is 5.49. The lowest BCUT2D eigenvalue weighted by Crippen LogP contribution is -2.49. The van der Waals surface area contributed by atoms with Gasteiger partial charge in [0.1, 0.15) is 31.8 Å². The van der Waals surface area contributed by atoms with Gasteiger partial charge in [0.25, 0.3) is 5.91 Å². The lowest BCUT2D eigenvalue weighted by molar-refractivity contribution is -0.147. The Morgan fingerprint density at radius 1 is 0.917 bits per heavy atom. The molecule has 1 atom stereocenters. The summed E-state index contributed by atoms with van der Waals surface area (Å²) in [6.07, 6.45) is 1.38. The third-order valence-corrected chi connectivity index (χ3v) is 9.09. The fourth-order valence-electron chi connectivity index (χ4n) is 4.74. The Bertz CT molecular complexity index is 1660. The first-order chi connectivity index (χ1) is 23.0. The van der Waals surface area contributed by atoms with Gasteiger partial charge in [-0.1, -0.05) is 87.2 Å². The van der Waals surface area contributed by atoms with E-state index in [4.69, 9.17) is 14.2 Å². The zero-order valence-electron chi connectivity index (χ0n) is 27.8. The lowest BCUT2D eigenvalue weighted by atomic mass is 10.0. The van der Waals surface area contributed by atoms with Gasteiger partial charge in [0.05, 0.1) is 17.7 Å². The number of aryl methyl sites for hydroxylation is 1. The Balaban J connectivity index is 1.46. The summed E-state index contributed by atoms with van der Waals surface area (Å²) in [5, 5.41) is 5.12. The third kappa shape index (κ3) is 11.2. The highest BCUT2D eigenvalue weighted by atomic mass is 28.3. The van der Waals surface area contributed by atoms with Gasteiger partial charge < -0.3 is 29.4 Å². The number of imidazole rings is 1. The van der Waals surface area contributed by atoms with Gasteiger partial charge in [0, 0.05) is 32.4 Å². The number of hydrogen-bond donors (Lipinski definition) is 2. The Morgan fingerprint density at radius 3 is 2.19 bits per heavy atom. The van der Waals surface area contributed by atoms with Crippen molar-refractivity contribution in [2.45, 2.75) is 65.0 Å². The molecule has 254 valence electrons. The molecule has 1 aromatic heterocycles. The molecule has 2 amide bonds. The van der Waals surface area contributed by atoms with Crippen LogP contribution in [0.4, 0.5) is 9.18 Å². The molecule has 0 saturated heterocycles. The van der Waals surface area contributed by atoms with E-state index in [2.05, 4.69) is 35.3 Å². The molecule has 4 rings (SSSR count). The fraction of sp³-hybridized carbons (Fsp3) is 0.333. The molecular weight excluding hydrogens is 632 g/mol. The highest BCUT2D eigenvalue weighted by molar-refractivity contribution is 6.76. The molecule has 3 aromatic carbocycles. The van der Waals surface area contributed by atoms with E-state index in [0.717, 1.165) is 28.9 Å². The van der Waals surface area contributed by atoms with Crippen molar-refractivity contribution in [2.24, 2.45) is 0 Å². The average Bonchev–Trinajstić information content (AvgIpc) is 3.49. The summed E-state index contributed by atoms with van der Waals surface area (Å²) in [5.74, 6) is -2.04. The zero-order chi connectivity index (χ0) is 34.5. The van der Waals surface area contributed by atoms with Crippen molar-refractivity contribution in [2.75, 3.05) is 13.2 Å². The molecule has 0 radical (unpaired) electrons. The molecule has 12 heteroatoms. The number of halogens is 1. The highest BCUT2D eigenvalue weighted by Crippen LogP contribution is 2.26.